The summed E-state index contributed by atoms with van der Waals surface area (Å²) in [4.78, 5) is 68.7. The molecule has 1 fully saturated rings. The molecule has 0 aliphatic carbocycles. The largest absolute Gasteiger partial charge is 0.481 e. The number of H-pyrrole nitrogens is 1. The van der Waals surface area contributed by atoms with Crippen LogP contribution in [0.5, 0.6) is 0 Å². The summed E-state index contributed by atoms with van der Waals surface area (Å²) in [6.07, 6.45) is 1.68. The van der Waals surface area contributed by atoms with Gasteiger partial charge in [0.1, 0.15) is 12.1 Å². The molecule has 0 spiro atoms. The molecule has 3 amide bonds. The number of aliphatic carboxylic acids is 2. The molecule has 2 heterocycles. The minimum absolute atomic E-state index is 0.107. The highest BCUT2D eigenvalue weighted by Gasteiger charge is 2.39. The Bertz CT molecular complexity index is 890. The average Bonchev–Trinajstić information content (AvgIpc) is 3.45. The van der Waals surface area contributed by atoms with Crippen LogP contribution in [0.3, 0.4) is 0 Å². The van der Waals surface area contributed by atoms with E-state index in [4.69, 9.17) is 10.8 Å². The van der Waals surface area contributed by atoms with Crippen LogP contribution in [0.25, 0.3) is 0 Å². The van der Waals surface area contributed by atoms with Crippen molar-refractivity contribution in [3.63, 3.8) is 0 Å². The van der Waals surface area contributed by atoms with Gasteiger partial charge in [-0.15, -0.1) is 0 Å². The molecule has 1 aromatic rings. The van der Waals surface area contributed by atoms with Gasteiger partial charge in [0.15, 0.2) is 6.04 Å². The van der Waals surface area contributed by atoms with Gasteiger partial charge >= 0.3 is 11.9 Å². The van der Waals surface area contributed by atoms with Gasteiger partial charge in [0.2, 0.25) is 17.7 Å². The van der Waals surface area contributed by atoms with Crippen molar-refractivity contribution in [1.29, 1.82) is 0 Å². The number of aromatic nitrogens is 2. The maximum absolute atomic E-state index is 13.2. The van der Waals surface area contributed by atoms with Crippen LogP contribution in [0, 0.1) is 0 Å². The van der Waals surface area contributed by atoms with Gasteiger partial charge in [-0.3, -0.25) is 19.2 Å². The van der Waals surface area contributed by atoms with Crippen LogP contribution in [-0.2, 0) is 30.4 Å². The highest BCUT2D eigenvalue weighted by Crippen LogP contribution is 2.20. The Kier molecular flexibility index (Phi) is 9.50. The van der Waals surface area contributed by atoms with Gasteiger partial charge in [-0.2, -0.15) is 0 Å². The Hall–Kier alpha value is -3.52. The molecule has 14 nitrogen and oxygen atoms in total. The molecule has 0 bridgehead atoms. The van der Waals surface area contributed by atoms with E-state index in [0.29, 0.717) is 12.1 Å². The third kappa shape index (κ3) is 7.25. The number of nitrogens with one attached hydrogen (secondary N) is 3. The number of carbonyl (C=O) groups excluding carboxylic acids is 3. The molecule has 2 rings (SSSR count). The van der Waals surface area contributed by atoms with E-state index in [1.54, 1.807) is 0 Å². The molecule has 188 valence electrons. The number of imidazole rings is 1. The van der Waals surface area contributed by atoms with E-state index in [2.05, 4.69) is 20.6 Å². The summed E-state index contributed by atoms with van der Waals surface area (Å²) in [5.41, 5.74) is 6.50. The number of aromatic amines is 1. The van der Waals surface area contributed by atoms with Crippen LogP contribution in [-0.4, -0.2) is 96.7 Å². The van der Waals surface area contributed by atoms with Crippen molar-refractivity contribution in [1.82, 2.24) is 25.5 Å². The molecule has 1 aromatic heterocycles. The summed E-state index contributed by atoms with van der Waals surface area (Å²) < 4.78 is 0. The number of carboxylic acid groups (broad SMARTS) is 2. The van der Waals surface area contributed by atoms with Crippen LogP contribution in [0.1, 0.15) is 38.3 Å². The van der Waals surface area contributed by atoms with E-state index in [1.165, 1.54) is 24.3 Å². The topological polar surface area (TPSA) is 228 Å². The second kappa shape index (κ2) is 12.1. The molecule has 0 radical (unpaired) electrons. The van der Waals surface area contributed by atoms with E-state index in [9.17, 15) is 34.2 Å². The SMILES string of the molecule is CC(O)C(NC(=O)C1CCCN1C(=O)C(CCC(=O)O)NC(=O)C(N)Cc1cnc[nH]1)C(=O)O. The van der Waals surface area contributed by atoms with Crippen molar-refractivity contribution in [2.75, 3.05) is 6.54 Å². The number of nitrogens with zero attached hydrogens (tertiary/aromatic N) is 2. The number of nitrogens with two attached hydrogens (primary N) is 1. The smallest absolute Gasteiger partial charge is 0.328 e. The van der Waals surface area contributed by atoms with Crippen molar-refractivity contribution in [3.8, 4) is 0 Å². The molecule has 5 unspecified atom stereocenters. The van der Waals surface area contributed by atoms with Crippen molar-refractivity contribution < 1.29 is 39.3 Å². The fourth-order valence-corrected chi connectivity index (χ4v) is 3.67. The van der Waals surface area contributed by atoms with Crippen LogP contribution in [0.2, 0.25) is 0 Å². The second-order valence-electron chi connectivity index (χ2n) is 8.14. The summed E-state index contributed by atoms with van der Waals surface area (Å²) in [6.45, 7) is 1.36. The Labute approximate surface area is 194 Å². The van der Waals surface area contributed by atoms with Crippen LogP contribution < -0.4 is 16.4 Å². The van der Waals surface area contributed by atoms with E-state index in [-0.39, 0.29) is 25.8 Å². The lowest BCUT2D eigenvalue weighted by atomic mass is 10.1. The number of hydrogen-bond acceptors (Lipinski definition) is 8. The van der Waals surface area contributed by atoms with E-state index >= 15 is 0 Å². The number of amides is 3. The molecule has 8 N–H and O–H groups in total. The first-order valence-electron chi connectivity index (χ1n) is 10.8. The Morgan fingerprint density at radius 1 is 1.26 bits per heavy atom. The molecule has 1 aliphatic heterocycles. The molecular weight excluding hydrogens is 452 g/mol. The average molecular weight is 482 g/mol. The highest BCUT2D eigenvalue weighted by atomic mass is 16.4. The molecule has 0 aromatic carbocycles. The minimum Gasteiger partial charge on any atom is -0.481 e. The maximum Gasteiger partial charge on any atom is 0.328 e. The van der Waals surface area contributed by atoms with Gasteiger partial charge in [-0.25, -0.2) is 9.78 Å². The predicted molar refractivity (Wildman–Crippen MR) is 115 cm³/mol. The molecule has 1 aliphatic rings. The number of likely N-dealkylation sites (tertiary alicyclic amines) is 1. The van der Waals surface area contributed by atoms with Gasteiger partial charge in [-0.05, 0) is 26.2 Å². The molecule has 5 atom stereocenters. The van der Waals surface area contributed by atoms with E-state index in [0.717, 1.165) is 0 Å². The van der Waals surface area contributed by atoms with Gasteiger partial charge in [0.25, 0.3) is 0 Å². The van der Waals surface area contributed by atoms with E-state index < -0.39 is 66.4 Å². The zero-order valence-corrected chi connectivity index (χ0v) is 18.6. The summed E-state index contributed by atoms with van der Waals surface area (Å²) in [6, 6.07) is -4.89. The second-order valence-corrected chi connectivity index (χ2v) is 8.14. The molecule has 0 saturated carbocycles. The maximum atomic E-state index is 13.2. The van der Waals surface area contributed by atoms with Gasteiger partial charge in [-0.1, -0.05) is 0 Å². The standard InChI is InChI=1S/C20H30N6O8/c1-10(27)16(20(33)34)25-18(31)14-3-2-6-26(14)19(32)13(4-5-15(28)29)24-17(30)12(21)7-11-8-22-9-23-11/h8-10,12-14,16,27H,2-7,21H2,1H3,(H,22,23)(H,24,30)(H,25,31)(H,28,29)(H,33,34). The zero-order valence-electron chi connectivity index (χ0n) is 18.6. The molecular formula is C20H30N6O8. The Morgan fingerprint density at radius 3 is 2.53 bits per heavy atom. The van der Waals surface area contributed by atoms with Crippen LogP contribution in [0.15, 0.2) is 12.5 Å². The fourth-order valence-electron chi connectivity index (χ4n) is 3.67. The summed E-state index contributed by atoms with van der Waals surface area (Å²) in [7, 11) is 0. The molecule has 34 heavy (non-hydrogen) atoms. The van der Waals surface area contributed by atoms with Crippen molar-refractivity contribution in [3.05, 3.63) is 18.2 Å². The summed E-state index contributed by atoms with van der Waals surface area (Å²) in [5, 5.41) is 32.5. The third-order valence-electron chi connectivity index (χ3n) is 5.48. The predicted octanol–water partition coefficient (Wildman–Crippen LogP) is -2.43. The van der Waals surface area contributed by atoms with Crippen molar-refractivity contribution in [2.45, 2.75) is 69.3 Å². The van der Waals surface area contributed by atoms with Crippen molar-refractivity contribution >= 4 is 29.7 Å². The summed E-state index contributed by atoms with van der Waals surface area (Å²) in [5.74, 6) is -4.73. The fraction of sp³-hybridized carbons (Fsp3) is 0.600. The first-order chi connectivity index (χ1) is 16.0. The van der Waals surface area contributed by atoms with Gasteiger partial charge in [0.05, 0.1) is 18.5 Å². The number of rotatable bonds is 12. The molecule has 14 heteroatoms. The Morgan fingerprint density at radius 2 is 1.97 bits per heavy atom. The monoisotopic (exact) mass is 482 g/mol. The normalized spacial score (nSPS) is 19.0. The number of aliphatic hydroxyl groups excluding tert-OH is 1. The Balaban J connectivity index is 2.12. The first kappa shape index (κ1) is 26.7. The lowest BCUT2D eigenvalue weighted by molar-refractivity contribution is -0.147. The number of carboxylic acids is 2. The number of hydrogen-bond donors (Lipinski definition) is 7. The highest BCUT2D eigenvalue weighted by molar-refractivity contribution is 5.94. The van der Waals surface area contributed by atoms with Gasteiger partial charge in [0, 0.05) is 31.3 Å². The lowest BCUT2D eigenvalue weighted by Crippen LogP contribution is -2.58. The van der Waals surface area contributed by atoms with Crippen molar-refractivity contribution in [2.24, 2.45) is 5.73 Å². The third-order valence-corrected chi connectivity index (χ3v) is 5.48. The van der Waals surface area contributed by atoms with Gasteiger partial charge < -0.3 is 41.6 Å². The van der Waals surface area contributed by atoms with E-state index in [1.807, 2.05) is 0 Å². The zero-order chi connectivity index (χ0) is 25.4. The molecule has 1 saturated heterocycles. The first-order valence-corrected chi connectivity index (χ1v) is 10.8. The number of carbonyl (C=O) groups is 5. The summed E-state index contributed by atoms with van der Waals surface area (Å²) >= 11 is 0. The van der Waals surface area contributed by atoms with Crippen LogP contribution >= 0.6 is 0 Å². The number of aliphatic hydroxyl groups is 1. The van der Waals surface area contributed by atoms with Crippen LogP contribution in [0.4, 0.5) is 0 Å². The quantitative estimate of drug-likeness (QED) is 0.166. The lowest BCUT2D eigenvalue weighted by Gasteiger charge is -2.30. The minimum atomic E-state index is -1.56.